The molecule has 0 radical (unpaired) electrons. The Hall–Kier alpha value is -0.130. The molecule has 0 spiro atoms. The highest BCUT2D eigenvalue weighted by atomic mass is 32.2. The molecule has 1 aliphatic heterocycles. The molecule has 0 N–H and O–H groups in total. The minimum absolute atomic E-state index is 0.227. The smallest absolute Gasteiger partial charge is 0.195 e. The maximum atomic E-state index is 13.1. The van der Waals surface area contributed by atoms with Crippen LogP contribution in [-0.4, -0.2) is 42.7 Å². The summed E-state index contributed by atoms with van der Waals surface area (Å²) in [5.41, 5.74) is 0. The minimum Gasteiger partial charge on any atom is -0.195 e. The Morgan fingerprint density at radius 3 is 2.13 bits per heavy atom. The summed E-state index contributed by atoms with van der Waals surface area (Å²) in [4.78, 5) is 0. The third-order valence-corrected chi connectivity index (χ3v) is 8.50. The van der Waals surface area contributed by atoms with Crippen molar-refractivity contribution in [3.05, 3.63) is 0 Å². The predicted molar refractivity (Wildman–Crippen MR) is 94.5 cm³/mol. The van der Waals surface area contributed by atoms with Crippen molar-refractivity contribution in [1.82, 2.24) is 8.61 Å². The molecule has 1 saturated heterocycles. The number of nitrogens with zero attached hydrogens (tertiary/aromatic N) is 2. The second kappa shape index (κ2) is 7.83. The number of rotatable bonds is 5. The molecule has 3 rings (SSSR count). The van der Waals surface area contributed by atoms with Gasteiger partial charge in [-0.2, -0.15) is 17.0 Å². The molecule has 2 aliphatic carbocycles. The van der Waals surface area contributed by atoms with Gasteiger partial charge in [-0.1, -0.05) is 51.4 Å². The normalized spacial score (nSPS) is 29.4. The van der Waals surface area contributed by atoms with Gasteiger partial charge in [0.05, 0.1) is 0 Å². The lowest BCUT2D eigenvalue weighted by atomic mass is 9.84. The van der Waals surface area contributed by atoms with Gasteiger partial charge in [-0.15, -0.1) is 0 Å². The molecule has 3 aliphatic rings. The van der Waals surface area contributed by atoms with E-state index in [0.717, 1.165) is 44.6 Å². The molecule has 23 heavy (non-hydrogen) atoms. The van der Waals surface area contributed by atoms with Gasteiger partial charge in [0.2, 0.25) is 0 Å². The lowest BCUT2D eigenvalue weighted by Crippen LogP contribution is -2.49. The summed E-state index contributed by atoms with van der Waals surface area (Å²) in [5.74, 6) is 0.754. The van der Waals surface area contributed by atoms with E-state index in [1.807, 2.05) is 11.4 Å². The van der Waals surface area contributed by atoms with Gasteiger partial charge in [0.25, 0.3) is 10.2 Å². The zero-order valence-electron chi connectivity index (χ0n) is 14.8. The van der Waals surface area contributed by atoms with Crippen molar-refractivity contribution in [3.8, 4) is 0 Å². The van der Waals surface area contributed by atoms with Gasteiger partial charge in [-0.05, 0) is 38.0 Å². The van der Waals surface area contributed by atoms with Crippen LogP contribution >= 0.6 is 0 Å². The molecule has 3 fully saturated rings. The van der Waals surface area contributed by atoms with Crippen molar-refractivity contribution >= 4 is 10.2 Å². The van der Waals surface area contributed by atoms with Gasteiger partial charge in [0.15, 0.2) is 0 Å². The number of hydrogen-bond donors (Lipinski definition) is 0. The van der Waals surface area contributed by atoms with Crippen LogP contribution in [-0.2, 0) is 10.2 Å². The zero-order valence-corrected chi connectivity index (χ0v) is 15.6. The highest BCUT2D eigenvalue weighted by molar-refractivity contribution is 7.86. The Kier molecular flexibility index (Phi) is 6.02. The predicted octanol–water partition coefficient (Wildman–Crippen LogP) is 3.93. The van der Waals surface area contributed by atoms with Crippen LogP contribution < -0.4 is 0 Å². The van der Waals surface area contributed by atoms with Crippen LogP contribution in [0.3, 0.4) is 0 Å². The van der Waals surface area contributed by atoms with E-state index >= 15 is 0 Å². The van der Waals surface area contributed by atoms with Crippen LogP contribution in [0.15, 0.2) is 0 Å². The monoisotopic (exact) mass is 342 g/mol. The van der Waals surface area contributed by atoms with Crippen molar-refractivity contribution < 1.29 is 8.42 Å². The molecule has 0 aromatic rings. The summed E-state index contributed by atoms with van der Waals surface area (Å²) in [7, 11) is -1.45. The Morgan fingerprint density at radius 2 is 1.48 bits per heavy atom. The van der Waals surface area contributed by atoms with E-state index in [0.29, 0.717) is 0 Å². The van der Waals surface area contributed by atoms with E-state index in [9.17, 15) is 8.42 Å². The van der Waals surface area contributed by atoms with Gasteiger partial charge >= 0.3 is 0 Å². The molecule has 0 bridgehead atoms. The Labute approximate surface area is 142 Å². The highest BCUT2D eigenvalue weighted by Gasteiger charge is 2.40. The van der Waals surface area contributed by atoms with Gasteiger partial charge in [-0.3, -0.25) is 0 Å². The lowest BCUT2D eigenvalue weighted by Gasteiger charge is -2.36. The van der Waals surface area contributed by atoms with Crippen molar-refractivity contribution in [2.24, 2.45) is 5.92 Å². The van der Waals surface area contributed by atoms with Crippen LogP contribution in [0, 0.1) is 5.92 Å². The fraction of sp³-hybridized carbons (Fsp3) is 1.00. The van der Waals surface area contributed by atoms with E-state index < -0.39 is 10.2 Å². The van der Waals surface area contributed by atoms with E-state index in [-0.39, 0.29) is 12.1 Å². The summed E-state index contributed by atoms with van der Waals surface area (Å²) in [5, 5.41) is 0. The molecule has 0 aromatic heterocycles. The van der Waals surface area contributed by atoms with E-state index in [1.54, 1.807) is 4.31 Å². The SMILES string of the molecule is CN(C1CCCCC1)S(=O)(=O)N1CCCC1CC1CCCCC1. The van der Waals surface area contributed by atoms with Crippen LogP contribution in [0.5, 0.6) is 0 Å². The molecule has 1 unspecified atom stereocenters. The Bertz CT molecular complexity index is 467. The van der Waals surface area contributed by atoms with Crippen LogP contribution in [0.1, 0.15) is 83.5 Å². The van der Waals surface area contributed by atoms with Crippen molar-refractivity contribution in [2.45, 2.75) is 95.6 Å². The first-order chi connectivity index (χ1) is 11.1. The third kappa shape index (κ3) is 4.10. The fourth-order valence-electron chi connectivity index (χ4n) is 4.95. The molecule has 1 atom stereocenters. The van der Waals surface area contributed by atoms with Crippen molar-refractivity contribution in [3.63, 3.8) is 0 Å². The largest absolute Gasteiger partial charge is 0.282 e. The molecular formula is C18H34N2O2S. The summed E-state index contributed by atoms with van der Waals surface area (Å²) >= 11 is 0. The summed E-state index contributed by atoms with van der Waals surface area (Å²) in [6, 6.07) is 0.485. The van der Waals surface area contributed by atoms with Crippen molar-refractivity contribution in [2.75, 3.05) is 13.6 Å². The zero-order chi connectivity index (χ0) is 16.3. The van der Waals surface area contributed by atoms with Gasteiger partial charge < -0.3 is 0 Å². The van der Waals surface area contributed by atoms with Crippen LogP contribution in [0.25, 0.3) is 0 Å². The average molecular weight is 343 g/mol. The summed E-state index contributed by atoms with van der Waals surface area (Å²) in [6.07, 6.45) is 15.6. The molecule has 0 aromatic carbocycles. The maximum absolute atomic E-state index is 13.1. The Balaban J connectivity index is 1.64. The molecule has 2 saturated carbocycles. The van der Waals surface area contributed by atoms with Gasteiger partial charge in [0, 0.05) is 25.7 Å². The summed E-state index contributed by atoms with van der Waals surface area (Å²) < 4.78 is 29.8. The molecule has 0 amide bonds. The second-order valence-electron chi connectivity index (χ2n) is 7.96. The summed E-state index contributed by atoms with van der Waals surface area (Å²) in [6.45, 7) is 0.733. The Morgan fingerprint density at radius 1 is 0.870 bits per heavy atom. The maximum Gasteiger partial charge on any atom is 0.282 e. The average Bonchev–Trinajstić information content (AvgIpc) is 3.05. The second-order valence-corrected chi connectivity index (χ2v) is 9.90. The quantitative estimate of drug-likeness (QED) is 0.759. The molecule has 5 heteroatoms. The molecule has 1 heterocycles. The van der Waals surface area contributed by atoms with Gasteiger partial charge in [-0.25, -0.2) is 0 Å². The molecule has 4 nitrogen and oxygen atoms in total. The van der Waals surface area contributed by atoms with E-state index in [4.69, 9.17) is 0 Å². The fourth-order valence-corrected chi connectivity index (χ4v) is 6.80. The van der Waals surface area contributed by atoms with E-state index in [2.05, 4.69) is 0 Å². The van der Waals surface area contributed by atoms with Crippen molar-refractivity contribution in [1.29, 1.82) is 0 Å². The first kappa shape index (κ1) is 17.7. The molecular weight excluding hydrogens is 308 g/mol. The molecule has 134 valence electrons. The van der Waals surface area contributed by atoms with Crippen LogP contribution in [0.4, 0.5) is 0 Å². The first-order valence-electron chi connectivity index (χ1n) is 9.84. The minimum atomic E-state index is -3.27. The number of hydrogen-bond acceptors (Lipinski definition) is 2. The van der Waals surface area contributed by atoms with Gasteiger partial charge in [0.1, 0.15) is 0 Å². The highest BCUT2D eigenvalue weighted by Crippen LogP contribution is 2.34. The third-order valence-electron chi connectivity index (χ3n) is 6.40. The van der Waals surface area contributed by atoms with Crippen LogP contribution in [0.2, 0.25) is 0 Å². The van der Waals surface area contributed by atoms with E-state index in [1.165, 1.54) is 51.4 Å². The standard InChI is InChI=1S/C18H34N2O2S/c1-19(17-11-6-3-7-12-17)23(21,22)20-14-8-13-18(20)15-16-9-4-2-5-10-16/h16-18H,2-15H2,1H3. The first-order valence-corrected chi connectivity index (χ1v) is 11.2. The lowest BCUT2D eigenvalue weighted by molar-refractivity contribution is 0.235. The topological polar surface area (TPSA) is 40.6 Å².